The predicted octanol–water partition coefficient (Wildman–Crippen LogP) is 3.38. The minimum Gasteiger partial charge on any atom is -0.463 e. The van der Waals surface area contributed by atoms with Crippen LogP contribution in [0.2, 0.25) is 0 Å². The largest absolute Gasteiger partial charge is 0.463 e. The fourth-order valence-corrected chi connectivity index (χ4v) is 2.30. The van der Waals surface area contributed by atoms with Gasteiger partial charge >= 0.3 is 5.97 Å². The van der Waals surface area contributed by atoms with E-state index in [0.29, 0.717) is 6.54 Å². The van der Waals surface area contributed by atoms with Crippen molar-refractivity contribution in [2.24, 2.45) is 0 Å². The molecule has 3 rings (SSSR count). The van der Waals surface area contributed by atoms with Crippen LogP contribution in [0, 0.1) is 6.92 Å². The van der Waals surface area contributed by atoms with E-state index in [4.69, 9.17) is 4.42 Å². The van der Waals surface area contributed by atoms with Crippen molar-refractivity contribution in [2.45, 2.75) is 13.5 Å². The number of fused-ring (bicyclic) bond motifs is 1. The topological polar surface area (TPSA) is 44.4 Å². The van der Waals surface area contributed by atoms with Crippen molar-refractivity contribution in [1.29, 1.82) is 0 Å². The van der Waals surface area contributed by atoms with Crippen LogP contribution < -0.4 is 0 Å². The smallest absolute Gasteiger partial charge is 0.373 e. The molecule has 0 bridgehead atoms. The number of methoxy groups -OCH3 is 1. The van der Waals surface area contributed by atoms with Gasteiger partial charge in [-0.25, -0.2) is 4.79 Å². The van der Waals surface area contributed by atoms with Crippen LogP contribution in [0.1, 0.15) is 21.9 Å². The highest BCUT2D eigenvalue weighted by Crippen LogP contribution is 2.19. The Morgan fingerprint density at radius 2 is 2.10 bits per heavy atom. The fourth-order valence-electron chi connectivity index (χ4n) is 2.30. The molecule has 0 N–H and O–H groups in total. The van der Waals surface area contributed by atoms with Gasteiger partial charge in [0.05, 0.1) is 13.7 Å². The number of furan rings is 1. The zero-order valence-electron chi connectivity index (χ0n) is 11.4. The van der Waals surface area contributed by atoms with E-state index >= 15 is 0 Å². The van der Waals surface area contributed by atoms with Crippen molar-refractivity contribution >= 4 is 16.9 Å². The first kappa shape index (κ1) is 12.5. The molecule has 4 heteroatoms. The molecule has 0 fully saturated rings. The monoisotopic (exact) mass is 269 g/mol. The number of aryl methyl sites for hydroxylation is 1. The number of aromatic nitrogens is 1. The number of ether oxygens (including phenoxy) is 1. The van der Waals surface area contributed by atoms with E-state index in [-0.39, 0.29) is 5.76 Å². The molecule has 0 unspecified atom stereocenters. The lowest BCUT2D eigenvalue weighted by Crippen LogP contribution is -1.99. The van der Waals surface area contributed by atoms with Crippen LogP contribution in [-0.4, -0.2) is 17.6 Å². The van der Waals surface area contributed by atoms with Crippen molar-refractivity contribution in [1.82, 2.24) is 4.57 Å². The van der Waals surface area contributed by atoms with Crippen molar-refractivity contribution < 1.29 is 13.9 Å². The van der Waals surface area contributed by atoms with Gasteiger partial charge in [0.15, 0.2) is 0 Å². The average Bonchev–Trinajstić information content (AvgIpc) is 3.06. The molecule has 2 heterocycles. The van der Waals surface area contributed by atoms with E-state index < -0.39 is 5.97 Å². The summed E-state index contributed by atoms with van der Waals surface area (Å²) in [5.74, 6) is 0.502. The molecule has 1 aromatic carbocycles. The normalized spacial score (nSPS) is 10.9. The van der Waals surface area contributed by atoms with Crippen LogP contribution in [0.15, 0.2) is 47.0 Å². The van der Waals surface area contributed by atoms with Crippen LogP contribution in [0.4, 0.5) is 0 Å². The number of esters is 1. The van der Waals surface area contributed by atoms with Gasteiger partial charge in [0.25, 0.3) is 0 Å². The van der Waals surface area contributed by atoms with Crippen LogP contribution >= 0.6 is 0 Å². The Morgan fingerprint density at radius 3 is 2.90 bits per heavy atom. The Bertz CT molecular complexity index is 767. The average molecular weight is 269 g/mol. The summed E-state index contributed by atoms with van der Waals surface area (Å²) in [5.41, 5.74) is 2.38. The highest BCUT2D eigenvalue weighted by atomic mass is 16.5. The first-order valence-electron chi connectivity index (χ1n) is 6.40. The minimum absolute atomic E-state index is 0.231. The SMILES string of the molecule is COC(=O)c1ccc(Cn2ccc3cc(C)ccc32)o1. The summed E-state index contributed by atoms with van der Waals surface area (Å²) in [6, 6.07) is 11.8. The van der Waals surface area contributed by atoms with Crippen molar-refractivity contribution in [3.63, 3.8) is 0 Å². The van der Waals surface area contributed by atoms with Crippen LogP contribution in [0.3, 0.4) is 0 Å². The fraction of sp³-hybridized carbons (Fsp3) is 0.188. The van der Waals surface area contributed by atoms with E-state index in [1.165, 1.54) is 18.1 Å². The summed E-state index contributed by atoms with van der Waals surface area (Å²) < 4.78 is 12.2. The van der Waals surface area contributed by atoms with E-state index in [0.717, 1.165) is 11.3 Å². The number of rotatable bonds is 3. The quantitative estimate of drug-likeness (QED) is 0.685. The summed E-state index contributed by atoms with van der Waals surface area (Å²) in [6.07, 6.45) is 2.02. The Kier molecular flexibility index (Phi) is 3.06. The number of carbonyl (C=O) groups excluding carboxylic acids is 1. The van der Waals surface area contributed by atoms with Gasteiger partial charge < -0.3 is 13.7 Å². The number of hydrogen-bond acceptors (Lipinski definition) is 3. The second-order valence-electron chi connectivity index (χ2n) is 4.76. The highest BCUT2D eigenvalue weighted by Gasteiger charge is 2.11. The van der Waals surface area contributed by atoms with Gasteiger partial charge in [-0.3, -0.25) is 0 Å². The Hall–Kier alpha value is -2.49. The van der Waals surface area contributed by atoms with E-state index in [2.05, 4.69) is 40.5 Å². The summed E-state index contributed by atoms with van der Waals surface area (Å²) >= 11 is 0. The van der Waals surface area contributed by atoms with Crippen molar-refractivity contribution in [2.75, 3.05) is 7.11 Å². The predicted molar refractivity (Wildman–Crippen MR) is 75.8 cm³/mol. The van der Waals surface area contributed by atoms with Gasteiger partial charge in [-0.05, 0) is 42.6 Å². The van der Waals surface area contributed by atoms with Gasteiger partial charge in [-0.1, -0.05) is 11.6 Å². The van der Waals surface area contributed by atoms with Crippen molar-refractivity contribution in [3.8, 4) is 0 Å². The number of nitrogens with zero attached hydrogens (tertiary/aromatic N) is 1. The first-order valence-corrected chi connectivity index (χ1v) is 6.40. The van der Waals surface area contributed by atoms with Gasteiger partial charge in [0.1, 0.15) is 5.76 Å². The third-order valence-electron chi connectivity index (χ3n) is 3.30. The van der Waals surface area contributed by atoms with Crippen molar-refractivity contribution in [3.05, 3.63) is 59.7 Å². The minimum atomic E-state index is -0.454. The summed E-state index contributed by atoms with van der Waals surface area (Å²) in [4.78, 5) is 11.4. The molecule has 2 aromatic heterocycles. The Labute approximate surface area is 116 Å². The Balaban J connectivity index is 1.89. The second kappa shape index (κ2) is 4.89. The van der Waals surface area contributed by atoms with Crippen LogP contribution in [0.5, 0.6) is 0 Å². The molecular formula is C16H15NO3. The maximum absolute atomic E-state index is 11.4. The third kappa shape index (κ3) is 2.20. The van der Waals surface area contributed by atoms with Gasteiger partial charge in [-0.15, -0.1) is 0 Å². The molecular weight excluding hydrogens is 254 g/mol. The molecule has 0 aliphatic heterocycles. The molecule has 0 radical (unpaired) electrons. The van der Waals surface area contributed by atoms with Gasteiger partial charge in [0, 0.05) is 11.7 Å². The first-order chi connectivity index (χ1) is 9.67. The molecule has 0 aliphatic rings. The molecule has 0 spiro atoms. The molecule has 0 amide bonds. The summed E-state index contributed by atoms with van der Waals surface area (Å²) in [6.45, 7) is 2.66. The van der Waals surface area contributed by atoms with Gasteiger partial charge in [0.2, 0.25) is 5.76 Å². The zero-order chi connectivity index (χ0) is 14.1. The van der Waals surface area contributed by atoms with Crippen LogP contribution in [0.25, 0.3) is 10.9 Å². The molecule has 102 valence electrons. The molecule has 0 aliphatic carbocycles. The number of carbonyl (C=O) groups is 1. The molecule has 3 aromatic rings. The highest BCUT2D eigenvalue weighted by molar-refractivity contribution is 5.86. The maximum atomic E-state index is 11.4. The standard InChI is InChI=1S/C16H15NO3/c1-11-3-5-14-12(9-11)7-8-17(14)10-13-4-6-15(20-13)16(18)19-2/h3-9H,10H2,1-2H3. The lowest BCUT2D eigenvalue weighted by atomic mass is 10.2. The van der Waals surface area contributed by atoms with Gasteiger partial charge in [-0.2, -0.15) is 0 Å². The van der Waals surface area contributed by atoms with E-state index in [1.807, 2.05) is 6.20 Å². The molecule has 0 saturated heterocycles. The molecule has 0 saturated carbocycles. The lowest BCUT2D eigenvalue weighted by molar-refractivity contribution is 0.0563. The third-order valence-corrected chi connectivity index (χ3v) is 3.30. The lowest BCUT2D eigenvalue weighted by Gasteiger charge is -2.03. The summed E-state index contributed by atoms with van der Waals surface area (Å²) in [5, 5.41) is 1.20. The molecule has 4 nitrogen and oxygen atoms in total. The second-order valence-corrected chi connectivity index (χ2v) is 4.76. The zero-order valence-corrected chi connectivity index (χ0v) is 11.4. The molecule has 20 heavy (non-hydrogen) atoms. The summed E-state index contributed by atoms with van der Waals surface area (Å²) in [7, 11) is 1.34. The van der Waals surface area contributed by atoms with E-state index in [9.17, 15) is 4.79 Å². The molecule has 0 atom stereocenters. The van der Waals surface area contributed by atoms with E-state index in [1.54, 1.807) is 12.1 Å². The maximum Gasteiger partial charge on any atom is 0.373 e. The van der Waals surface area contributed by atoms with Crippen LogP contribution in [-0.2, 0) is 11.3 Å². The number of benzene rings is 1. The number of hydrogen-bond donors (Lipinski definition) is 0. The Morgan fingerprint density at radius 1 is 1.25 bits per heavy atom.